The van der Waals surface area contributed by atoms with Crippen molar-refractivity contribution in [1.82, 2.24) is 10.2 Å². The van der Waals surface area contributed by atoms with Gasteiger partial charge < -0.3 is 19.7 Å². The molecule has 0 aliphatic rings. The number of hydrogen-bond acceptors (Lipinski definition) is 6. The lowest BCUT2D eigenvalue weighted by atomic mass is 10.1. The molecule has 0 radical (unpaired) electrons. The lowest BCUT2D eigenvalue weighted by Gasteiger charge is -2.32. The SMILES string of the molecule is COc1ccc(S(=O)(=O)N(CC(=O)N(Cc2ccccc2C)C(C)C(=O)NCC(C)C)c2ccccc2)cc1OC. The number of benzene rings is 3. The van der Waals surface area contributed by atoms with Crippen molar-refractivity contribution in [2.45, 2.75) is 45.2 Å². The predicted molar refractivity (Wildman–Crippen MR) is 160 cm³/mol. The number of amides is 2. The third kappa shape index (κ3) is 7.79. The van der Waals surface area contributed by atoms with E-state index in [9.17, 15) is 18.0 Å². The van der Waals surface area contributed by atoms with E-state index in [0.717, 1.165) is 15.4 Å². The van der Waals surface area contributed by atoms with Crippen LogP contribution in [0.4, 0.5) is 5.69 Å². The molecule has 0 saturated carbocycles. The minimum atomic E-state index is -4.24. The van der Waals surface area contributed by atoms with Gasteiger partial charge in [-0.1, -0.05) is 56.3 Å². The number of rotatable bonds is 13. The highest BCUT2D eigenvalue weighted by molar-refractivity contribution is 7.92. The van der Waals surface area contributed by atoms with Gasteiger partial charge in [0, 0.05) is 19.2 Å². The third-order valence-corrected chi connectivity index (χ3v) is 8.49. The van der Waals surface area contributed by atoms with Gasteiger partial charge in [0.15, 0.2) is 11.5 Å². The Labute approximate surface area is 243 Å². The van der Waals surface area contributed by atoms with Crippen LogP contribution in [0.3, 0.4) is 0 Å². The molecular weight excluding hydrogens is 542 g/mol. The van der Waals surface area contributed by atoms with Crippen molar-refractivity contribution in [3.05, 3.63) is 83.9 Å². The zero-order chi connectivity index (χ0) is 30.2. The monoisotopic (exact) mass is 581 g/mol. The molecule has 0 spiro atoms. The number of methoxy groups -OCH3 is 2. The first-order chi connectivity index (χ1) is 19.5. The summed E-state index contributed by atoms with van der Waals surface area (Å²) in [7, 11) is -1.36. The van der Waals surface area contributed by atoms with Crippen molar-refractivity contribution in [2.24, 2.45) is 5.92 Å². The van der Waals surface area contributed by atoms with E-state index in [2.05, 4.69) is 5.32 Å². The molecule has 9 nitrogen and oxygen atoms in total. The van der Waals surface area contributed by atoms with Crippen molar-refractivity contribution in [2.75, 3.05) is 31.6 Å². The van der Waals surface area contributed by atoms with Crippen LogP contribution in [-0.2, 0) is 26.2 Å². The summed E-state index contributed by atoms with van der Waals surface area (Å²) in [5, 5.41) is 2.89. The Morgan fingerprint density at radius 2 is 1.51 bits per heavy atom. The molecule has 3 aromatic carbocycles. The highest BCUT2D eigenvalue weighted by atomic mass is 32.2. The van der Waals surface area contributed by atoms with Gasteiger partial charge in [-0.25, -0.2) is 8.42 Å². The standard InChI is InChI=1S/C31H39N3O6S/c1-22(2)19-32-31(36)24(4)33(20-25-13-11-10-12-23(25)3)30(35)21-34(26-14-8-7-9-15-26)41(37,38)27-16-17-28(39-5)29(18-27)40-6/h7-18,22,24H,19-21H2,1-6H3,(H,32,36). The highest BCUT2D eigenvalue weighted by Gasteiger charge is 2.33. The van der Waals surface area contributed by atoms with E-state index in [4.69, 9.17) is 9.47 Å². The van der Waals surface area contributed by atoms with Crippen molar-refractivity contribution >= 4 is 27.5 Å². The zero-order valence-electron chi connectivity index (χ0n) is 24.5. The van der Waals surface area contributed by atoms with Gasteiger partial charge in [0.05, 0.1) is 24.8 Å². The minimum absolute atomic E-state index is 0.0695. The van der Waals surface area contributed by atoms with Crippen LogP contribution in [0.1, 0.15) is 31.9 Å². The van der Waals surface area contributed by atoms with Gasteiger partial charge in [-0.15, -0.1) is 0 Å². The molecule has 0 aliphatic carbocycles. The zero-order valence-corrected chi connectivity index (χ0v) is 25.3. The van der Waals surface area contributed by atoms with Crippen LogP contribution >= 0.6 is 0 Å². The predicted octanol–water partition coefficient (Wildman–Crippen LogP) is 4.40. The van der Waals surface area contributed by atoms with E-state index in [1.165, 1.54) is 37.3 Å². The summed E-state index contributed by atoms with van der Waals surface area (Å²) in [6.07, 6.45) is 0. The summed E-state index contributed by atoms with van der Waals surface area (Å²) in [5.41, 5.74) is 2.12. The first-order valence-electron chi connectivity index (χ1n) is 13.4. The summed E-state index contributed by atoms with van der Waals surface area (Å²) in [4.78, 5) is 28.5. The molecular formula is C31H39N3O6S. The highest BCUT2D eigenvalue weighted by Crippen LogP contribution is 2.32. The van der Waals surface area contributed by atoms with Crippen LogP contribution in [0.2, 0.25) is 0 Å². The van der Waals surface area contributed by atoms with Crippen molar-refractivity contribution in [3.63, 3.8) is 0 Å². The Morgan fingerprint density at radius 1 is 0.878 bits per heavy atom. The van der Waals surface area contributed by atoms with E-state index in [1.54, 1.807) is 37.3 Å². The summed E-state index contributed by atoms with van der Waals surface area (Å²) in [6, 6.07) is 19.4. The second kappa shape index (κ2) is 14.0. The van der Waals surface area contributed by atoms with Crippen LogP contribution in [-0.4, -0.2) is 58.5 Å². The topological polar surface area (TPSA) is 105 Å². The van der Waals surface area contributed by atoms with Crippen LogP contribution in [0.25, 0.3) is 0 Å². The fourth-order valence-corrected chi connectivity index (χ4v) is 5.66. The number of carbonyl (C=O) groups excluding carboxylic acids is 2. The molecule has 0 aromatic heterocycles. The quantitative estimate of drug-likeness (QED) is 0.321. The number of nitrogens with zero attached hydrogens (tertiary/aromatic N) is 2. The van der Waals surface area contributed by atoms with Crippen LogP contribution in [0, 0.1) is 12.8 Å². The van der Waals surface area contributed by atoms with E-state index < -0.39 is 28.5 Å². The summed E-state index contributed by atoms with van der Waals surface area (Å²) in [5.74, 6) is 0.0128. The number of anilines is 1. The maximum Gasteiger partial charge on any atom is 0.264 e. The second-order valence-corrected chi connectivity index (χ2v) is 12.0. The molecule has 1 N–H and O–H groups in total. The third-order valence-electron chi connectivity index (χ3n) is 6.72. The molecule has 1 atom stereocenters. The molecule has 0 aliphatic heterocycles. The number of aryl methyl sites for hydroxylation is 1. The largest absolute Gasteiger partial charge is 0.493 e. The maximum absolute atomic E-state index is 14.0. The number of para-hydroxylation sites is 1. The number of nitrogens with one attached hydrogen (secondary N) is 1. The smallest absolute Gasteiger partial charge is 0.264 e. The van der Waals surface area contributed by atoms with Crippen molar-refractivity contribution in [1.29, 1.82) is 0 Å². The molecule has 0 fully saturated rings. The van der Waals surface area contributed by atoms with E-state index >= 15 is 0 Å². The first-order valence-corrected chi connectivity index (χ1v) is 14.8. The summed E-state index contributed by atoms with van der Waals surface area (Å²) in [6.45, 7) is 7.63. The van der Waals surface area contributed by atoms with Crippen LogP contribution in [0.15, 0.2) is 77.7 Å². The molecule has 1 unspecified atom stereocenters. The van der Waals surface area contributed by atoms with E-state index in [0.29, 0.717) is 18.0 Å². The molecule has 3 rings (SSSR count). The van der Waals surface area contributed by atoms with Gasteiger partial charge in [-0.3, -0.25) is 13.9 Å². The summed E-state index contributed by atoms with van der Waals surface area (Å²) >= 11 is 0. The molecule has 41 heavy (non-hydrogen) atoms. The molecule has 2 amide bonds. The second-order valence-electron chi connectivity index (χ2n) is 10.1. The number of hydrogen-bond donors (Lipinski definition) is 1. The van der Waals surface area contributed by atoms with Gasteiger partial charge in [0.25, 0.3) is 10.0 Å². The van der Waals surface area contributed by atoms with Gasteiger partial charge in [-0.05, 0) is 55.2 Å². The molecule has 0 heterocycles. The van der Waals surface area contributed by atoms with Gasteiger partial charge in [-0.2, -0.15) is 0 Å². The van der Waals surface area contributed by atoms with E-state index in [-0.39, 0.29) is 29.0 Å². The Hall–Kier alpha value is -4.05. The van der Waals surface area contributed by atoms with Crippen LogP contribution in [0.5, 0.6) is 11.5 Å². The minimum Gasteiger partial charge on any atom is -0.493 e. The molecule has 3 aromatic rings. The Morgan fingerprint density at radius 3 is 2.12 bits per heavy atom. The fraction of sp³-hybridized carbons (Fsp3) is 0.355. The lowest BCUT2D eigenvalue weighted by molar-refractivity contribution is -0.139. The molecule has 10 heteroatoms. The maximum atomic E-state index is 14.0. The number of sulfonamides is 1. The van der Waals surface area contributed by atoms with E-state index in [1.807, 2.05) is 45.0 Å². The Balaban J connectivity index is 2.04. The van der Waals surface area contributed by atoms with Crippen LogP contribution < -0.4 is 19.1 Å². The van der Waals surface area contributed by atoms with Gasteiger partial charge in [0.1, 0.15) is 12.6 Å². The average Bonchev–Trinajstić information content (AvgIpc) is 2.97. The average molecular weight is 582 g/mol. The van der Waals surface area contributed by atoms with Crippen molar-refractivity contribution < 1.29 is 27.5 Å². The fourth-order valence-electron chi connectivity index (χ4n) is 4.23. The molecule has 0 saturated heterocycles. The Kier molecular flexibility index (Phi) is 10.8. The first kappa shape index (κ1) is 31.5. The lowest BCUT2D eigenvalue weighted by Crippen LogP contribution is -2.51. The summed E-state index contributed by atoms with van der Waals surface area (Å²) < 4.78 is 39.7. The molecule has 0 bridgehead atoms. The normalized spacial score (nSPS) is 12.0. The van der Waals surface area contributed by atoms with Crippen molar-refractivity contribution in [3.8, 4) is 11.5 Å². The number of carbonyl (C=O) groups is 2. The molecule has 220 valence electrons. The van der Waals surface area contributed by atoms with Gasteiger partial charge >= 0.3 is 0 Å². The number of ether oxygens (including phenoxy) is 2. The van der Waals surface area contributed by atoms with Gasteiger partial charge in [0.2, 0.25) is 11.8 Å². The Bertz CT molecular complexity index is 1440.